The molecule has 24 heavy (non-hydrogen) atoms. The molecule has 1 atom stereocenters. The van der Waals surface area contributed by atoms with Crippen molar-refractivity contribution in [2.45, 2.75) is 18.6 Å². The second kappa shape index (κ2) is 6.40. The largest absolute Gasteiger partial charge is 0.401 e. The summed E-state index contributed by atoms with van der Waals surface area (Å²) >= 11 is 0. The zero-order valence-corrected chi connectivity index (χ0v) is 12.7. The number of hydrogen-bond acceptors (Lipinski definition) is 4. The van der Waals surface area contributed by atoms with Gasteiger partial charge in [0.25, 0.3) is 0 Å². The molecule has 1 aromatic carbocycles. The van der Waals surface area contributed by atoms with E-state index < -0.39 is 24.7 Å². The van der Waals surface area contributed by atoms with Crippen LogP contribution in [0.4, 0.5) is 24.5 Å². The molecule has 0 spiro atoms. The third kappa shape index (κ3) is 3.85. The Hall–Kier alpha value is -2.13. The molecule has 3 rings (SSSR count). The molecule has 2 amide bonds. The van der Waals surface area contributed by atoms with Gasteiger partial charge in [0.2, 0.25) is 11.8 Å². The van der Waals surface area contributed by atoms with Crippen LogP contribution in [0.5, 0.6) is 0 Å². The number of hydrogen-bond donors (Lipinski definition) is 2. The van der Waals surface area contributed by atoms with Gasteiger partial charge in [-0.25, -0.2) is 0 Å². The van der Waals surface area contributed by atoms with Gasteiger partial charge >= 0.3 is 6.18 Å². The first-order valence-electron chi connectivity index (χ1n) is 7.44. The fourth-order valence-corrected chi connectivity index (χ4v) is 2.83. The second-order valence-corrected chi connectivity index (χ2v) is 5.76. The van der Waals surface area contributed by atoms with Crippen LogP contribution in [0.25, 0.3) is 0 Å². The van der Waals surface area contributed by atoms with Crippen LogP contribution in [0, 0.1) is 0 Å². The van der Waals surface area contributed by atoms with Crippen molar-refractivity contribution in [2.75, 3.05) is 36.9 Å². The lowest BCUT2D eigenvalue weighted by Crippen LogP contribution is -2.54. The Kier molecular flexibility index (Phi) is 4.46. The lowest BCUT2D eigenvalue weighted by atomic mass is 10.1. The average molecular weight is 343 g/mol. The topological polar surface area (TPSA) is 70.7 Å². The fraction of sp³-hybridized carbons (Fsp3) is 0.467. The molecule has 1 aromatic rings. The number of amides is 2. The van der Waals surface area contributed by atoms with Gasteiger partial charge in [0.1, 0.15) is 6.04 Å². The maximum atomic E-state index is 12.6. The summed E-state index contributed by atoms with van der Waals surface area (Å²) in [5.74, 6) is -0.693. The summed E-state index contributed by atoms with van der Waals surface area (Å²) in [4.78, 5) is 24.7. The molecular weight excluding hydrogens is 327 g/mol. The smallest absolute Gasteiger partial charge is 0.378 e. The van der Waals surface area contributed by atoms with Crippen LogP contribution in [0.3, 0.4) is 0 Å². The number of nitrogens with zero attached hydrogens (tertiary/aromatic N) is 1. The van der Waals surface area contributed by atoms with Gasteiger partial charge in [0, 0.05) is 17.9 Å². The minimum Gasteiger partial charge on any atom is -0.378 e. The number of fused-ring (bicyclic) bond motifs is 1. The molecule has 2 N–H and O–H groups in total. The molecule has 2 heterocycles. The maximum absolute atomic E-state index is 12.6. The quantitative estimate of drug-likeness (QED) is 0.870. The van der Waals surface area contributed by atoms with E-state index in [2.05, 4.69) is 10.6 Å². The first kappa shape index (κ1) is 16.7. The van der Waals surface area contributed by atoms with Crippen LogP contribution in [-0.4, -0.2) is 55.2 Å². The van der Waals surface area contributed by atoms with Crippen LogP contribution < -0.4 is 10.6 Å². The van der Waals surface area contributed by atoms with E-state index in [1.807, 2.05) is 0 Å². The second-order valence-electron chi connectivity index (χ2n) is 5.76. The Bertz CT molecular complexity index is 663. The third-order valence-corrected chi connectivity index (χ3v) is 3.92. The fourth-order valence-electron chi connectivity index (χ4n) is 2.83. The molecule has 1 fully saturated rings. The van der Waals surface area contributed by atoms with Crippen LogP contribution in [-0.2, 0) is 20.7 Å². The third-order valence-electron chi connectivity index (χ3n) is 3.92. The summed E-state index contributed by atoms with van der Waals surface area (Å²) < 4.78 is 43.1. The minimum absolute atomic E-state index is 0.0419. The predicted molar refractivity (Wildman–Crippen MR) is 79.6 cm³/mol. The molecular formula is C15H16F3N3O3. The number of ether oxygens (including phenoxy) is 1. The number of rotatable bonds is 3. The lowest BCUT2D eigenvalue weighted by Gasteiger charge is -2.34. The molecule has 130 valence electrons. The molecule has 2 aliphatic rings. The summed E-state index contributed by atoms with van der Waals surface area (Å²) in [7, 11) is 0. The zero-order chi connectivity index (χ0) is 17.3. The van der Waals surface area contributed by atoms with Crippen LogP contribution in [0.2, 0.25) is 0 Å². The first-order valence-corrected chi connectivity index (χ1v) is 7.44. The average Bonchev–Trinajstić information content (AvgIpc) is 2.85. The standard InChI is InChI=1S/C15H16F3N3O3/c16-15(17,18)8-21-3-4-24-7-12(21)14(23)19-10-1-2-11-9(5-10)6-13(22)20-11/h1-2,5,12H,3-4,6-8H2,(H,19,23)(H,20,22). The number of carbonyl (C=O) groups excluding carboxylic acids is 2. The zero-order valence-electron chi connectivity index (χ0n) is 12.7. The Labute approximate surface area is 135 Å². The molecule has 2 aliphatic heterocycles. The molecule has 1 saturated heterocycles. The van der Waals surface area contributed by atoms with Crippen molar-refractivity contribution in [2.24, 2.45) is 0 Å². The Morgan fingerprint density at radius 3 is 2.96 bits per heavy atom. The van der Waals surface area contributed by atoms with E-state index in [4.69, 9.17) is 4.74 Å². The van der Waals surface area contributed by atoms with E-state index in [1.54, 1.807) is 18.2 Å². The Balaban J connectivity index is 1.69. The van der Waals surface area contributed by atoms with Crippen molar-refractivity contribution >= 4 is 23.2 Å². The Morgan fingerprint density at radius 1 is 1.42 bits per heavy atom. The highest BCUT2D eigenvalue weighted by atomic mass is 19.4. The molecule has 0 bridgehead atoms. The van der Waals surface area contributed by atoms with Gasteiger partial charge in [-0.2, -0.15) is 13.2 Å². The predicted octanol–water partition coefficient (Wildman–Crippen LogP) is 1.38. The normalized spacial score (nSPS) is 21.3. The van der Waals surface area contributed by atoms with Crippen molar-refractivity contribution in [3.05, 3.63) is 23.8 Å². The van der Waals surface area contributed by atoms with Crippen molar-refractivity contribution in [3.63, 3.8) is 0 Å². The van der Waals surface area contributed by atoms with Gasteiger partial charge in [-0.15, -0.1) is 0 Å². The summed E-state index contributed by atoms with van der Waals surface area (Å²) in [5, 5.41) is 5.27. The van der Waals surface area contributed by atoms with Crippen LogP contribution in [0.15, 0.2) is 18.2 Å². The number of anilines is 2. The number of alkyl halides is 3. The van der Waals surface area contributed by atoms with Crippen molar-refractivity contribution in [1.29, 1.82) is 0 Å². The van der Waals surface area contributed by atoms with E-state index in [1.165, 1.54) is 0 Å². The van der Waals surface area contributed by atoms with Crippen molar-refractivity contribution in [3.8, 4) is 0 Å². The monoisotopic (exact) mass is 343 g/mol. The number of benzene rings is 1. The molecule has 6 nitrogen and oxygen atoms in total. The van der Waals surface area contributed by atoms with Gasteiger partial charge < -0.3 is 15.4 Å². The van der Waals surface area contributed by atoms with Gasteiger partial charge in [-0.05, 0) is 23.8 Å². The van der Waals surface area contributed by atoms with Crippen molar-refractivity contribution < 1.29 is 27.5 Å². The van der Waals surface area contributed by atoms with E-state index in [0.29, 0.717) is 11.4 Å². The van der Waals surface area contributed by atoms with Gasteiger partial charge in [-0.3, -0.25) is 14.5 Å². The summed E-state index contributed by atoms with van der Waals surface area (Å²) in [6.45, 7) is -1.04. The summed E-state index contributed by atoms with van der Waals surface area (Å²) in [6.07, 6.45) is -4.17. The minimum atomic E-state index is -4.38. The SMILES string of the molecule is O=C1Cc2cc(NC(=O)C3COCCN3CC(F)(F)F)ccc2N1. The van der Waals surface area contributed by atoms with Gasteiger partial charge in [0.15, 0.2) is 0 Å². The van der Waals surface area contributed by atoms with Crippen molar-refractivity contribution in [1.82, 2.24) is 4.90 Å². The molecule has 9 heteroatoms. The molecule has 0 radical (unpaired) electrons. The molecule has 0 aromatic heterocycles. The lowest BCUT2D eigenvalue weighted by molar-refractivity contribution is -0.165. The molecule has 0 saturated carbocycles. The summed E-state index contributed by atoms with van der Waals surface area (Å²) in [6, 6.07) is 3.89. The van der Waals surface area contributed by atoms with E-state index >= 15 is 0 Å². The first-order chi connectivity index (χ1) is 11.3. The number of carbonyl (C=O) groups is 2. The van der Waals surface area contributed by atoms with E-state index in [0.717, 1.165) is 10.5 Å². The Morgan fingerprint density at radius 2 is 2.21 bits per heavy atom. The van der Waals surface area contributed by atoms with Gasteiger partial charge in [0.05, 0.1) is 26.2 Å². The number of nitrogens with one attached hydrogen (secondary N) is 2. The number of morpholine rings is 1. The van der Waals surface area contributed by atoms with Crippen LogP contribution in [0.1, 0.15) is 5.56 Å². The van der Waals surface area contributed by atoms with E-state index in [-0.39, 0.29) is 32.1 Å². The highest BCUT2D eigenvalue weighted by molar-refractivity contribution is 6.01. The molecule has 1 unspecified atom stereocenters. The molecule has 0 aliphatic carbocycles. The summed E-state index contributed by atoms with van der Waals surface area (Å²) in [5.41, 5.74) is 1.86. The maximum Gasteiger partial charge on any atom is 0.401 e. The number of halogens is 3. The van der Waals surface area contributed by atoms with E-state index in [9.17, 15) is 22.8 Å². The van der Waals surface area contributed by atoms with Gasteiger partial charge in [-0.1, -0.05) is 0 Å². The highest BCUT2D eigenvalue weighted by Crippen LogP contribution is 2.26. The highest BCUT2D eigenvalue weighted by Gasteiger charge is 2.38. The van der Waals surface area contributed by atoms with Crippen LogP contribution >= 0.6 is 0 Å².